The van der Waals surface area contributed by atoms with Gasteiger partial charge in [-0.25, -0.2) is 0 Å². The Hall–Kier alpha value is -1.59. The molecule has 0 saturated carbocycles. The largest absolute Gasteiger partial charge is 0.485 e. The molecule has 0 fully saturated rings. The van der Waals surface area contributed by atoms with Gasteiger partial charge in [-0.05, 0) is 18.6 Å². The molecule has 1 aromatic rings. The van der Waals surface area contributed by atoms with Crippen LogP contribution in [0.2, 0.25) is 0 Å². The molecule has 0 unspecified atom stereocenters. The van der Waals surface area contributed by atoms with E-state index in [9.17, 15) is 4.79 Å². The van der Waals surface area contributed by atoms with Crippen LogP contribution >= 0.6 is 0 Å². The second-order valence-corrected chi connectivity index (χ2v) is 3.42. The molecular weight excluding hydrogens is 210 g/mol. The number of rotatable bonds is 5. The van der Waals surface area contributed by atoms with Gasteiger partial charge in [0.25, 0.3) is 5.91 Å². The molecular formula is C11H15NO4. The molecule has 1 aromatic carbocycles. The minimum Gasteiger partial charge on any atom is -0.485 e. The van der Waals surface area contributed by atoms with Crippen LogP contribution in [-0.4, -0.2) is 35.4 Å². The Bertz CT molecular complexity index is 374. The summed E-state index contributed by atoms with van der Waals surface area (Å²) in [5, 5.41) is 17.8. The summed E-state index contributed by atoms with van der Waals surface area (Å²) in [5.41, 5.74) is 6.17. The Morgan fingerprint density at radius 1 is 1.44 bits per heavy atom. The number of aliphatic hydroxyl groups is 2. The number of benzene rings is 1. The molecule has 1 amide bonds. The van der Waals surface area contributed by atoms with Crippen LogP contribution in [0.4, 0.5) is 0 Å². The Kier molecular flexibility index (Phi) is 4.28. The zero-order valence-corrected chi connectivity index (χ0v) is 9.01. The van der Waals surface area contributed by atoms with Crippen molar-refractivity contribution in [1.29, 1.82) is 0 Å². The van der Waals surface area contributed by atoms with Gasteiger partial charge in [-0.3, -0.25) is 4.79 Å². The normalized spacial score (nSPS) is 10.5. The molecule has 0 aliphatic rings. The number of ether oxygens (including phenoxy) is 1. The van der Waals surface area contributed by atoms with Gasteiger partial charge in [-0.2, -0.15) is 0 Å². The van der Waals surface area contributed by atoms with E-state index in [4.69, 9.17) is 20.7 Å². The molecule has 0 heterocycles. The van der Waals surface area contributed by atoms with Gasteiger partial charge in [0.2, 0.25) is 0 Å². The summed E-state index contributed by atoms with van der Waals surface area (Å²) in [6, 6.07) is 4.99. The van der Waals surface area contributed by atoms with Gasteiger partial charge in [-0.15, -0.1) is 0 Å². The number of carbonyl (C=O) groups excluding carboxylic acids is 1. The number of hydrogen-bond acceptors (Lipinski definition) is 4. The lowest BCUT2D eigenvalue weighted by Gasteiger charge is -2.18. The average molecular weight is 225 g/mol. The van der Waals surface area contributed by atoms with Crippen LogP contribution in [0, 0.1) is 6.92 Å². The van der Waals surface area contributed by atoms with Gasteiger partial charge >= 0.3 is 0 Å². The van der Waals surface area contributed by atoms with Crippen LogP contribution in [0.1, 0.15) is 15.9 Å². The number of aryl methyl sites for hydroxylation is 1. The van der Waals surface area contributed by atoms with Crippen molar-refractivity contribution in [3.63, 3.8) is 0 Å². The molecule has 0 aromatic heterocycles. The fraction of sp³-hybridized carbons (Fsp3) is 0.364. The summed E-state index contributed by atoms with van der Waals surface area (Å²) < 4.78 is 5.34. The summed E-state index contributed by atoms with van der Waals surface area (Å²) in [5.74, 6) is -0.295. The van der Waals surface area contributed by atoms with Crippen molar-refractivity contribution >= 4 is 5.91 Å². The van der Waals surface area contributed by atoms with Crippen molar-refractivity contribution in [2.45, 2.75) is 13.0 Å². The van der Waals surface area contributed by atoms with E-state index in [-0.39, 0.29) is 18.8 Å². The average Bonchev–Trinajstić information content (AvgIpc) is 2.27. The number of para-hydroxylation sites is 1. The highest BCUT2D eigenvalue weighted by Crippen LogP contribution is 2.24. The van der Waals surface area contributed by atoms with Crippen molar-refractivity contribution < 1.29 is 19.7 Å². The first kappa shape index (κ1) is 12.5. The maximum atomic E-state index is 11.1. The molecule has 0 aliphatic carbocycles. The Morgan fingerprint density at radius 2 is 2.06 bits per heavy atom. The standard InChI is InChI=1S/C11H15NO4/c1-7-3-2-4-9(11(12)15)10(7)16-8(5-13)6-14/h2-4,8,13-14H,5-6H2,1H3,(H2,12,15). The van der Waals surface area contributed by atoms with Crippen molar-refractivity contribution in [3.05, 3.63) is 29.3 Å². The highest BCUT2D eigenvalue weighted by molar-refractivity contribution is 5.96. The van der Waals surface area contributed by atoms with Crippen molar-refractivity contribution in [1.82, 2.24) is 0 Å². The Balaban J connectivity index is 3.05. The lowest BCUT2D eigenvalue weighted by Crippen LogP contribution is -2.27. The maximum Gasteiger partial charge on any atom is 0.252 e. The van der Waals surface area contributed by atoms with E-state index in [0.717, 1.165) is 5.56 Å². The predicted molar refractivity (Wildman–Crippen MR) is 58.3 cm³/mol. The summed E-state index contributed by atoms with van der Waals surface area (Å²) in [4.78, 5) is 11.1. The van der Waals surface area contributed by atoms with E-state index in [1.807, 2.05) is 0 Å². The van der Waals surface area contributed by atoms with E-state index >= 15 is 0 Å². The maximum absolute atomic E-state index is 11.1. The van der Waals surface area contributed by atoms with Gasteiger partial charge in [0.05, 0.1) is 18.8 Å². The Morgan fingerprint density at radius 3 is 2.56 bits per heavy atom. The lowest BCUT2D eigenvalue weighted by molar-refractivity contribution is 0.0612. The monoisotopic (exact) mass is 225 g/mol. The number of amides is 1. The number of primary amides is 1. The molecule has 88 valence electrons. The van der Waals surface area contributed by atoms with Gasteiger partial charge in [0.1, 0.15) is 11.9 Å². The quantitative estimate of drug-likeness (QED) is 0.648. The third-order valence-corrected chi connectivity index (χ3v) is 2.17. The van der Waals surface area contributed by atoms with Crippen molar-refractivity contribution in [3.8, 4) is 5.75 Å². The number of nitrogens with two attached hydrogens (primary N) is 1. The minimum atomic E-state index is -0.751. The topological polar surface area (TPSA) is 92.8 Å². The van der Waals surface area contributed by atoms with E-state index in [2.05, 4.69) is 0 Å². The highest BCUT2D eigenvalue weighted by atomic mass is 16.5. The first-order valence-electron chi connectivity index (χ1n) is 4.88. The van der Waals surface area contributed by atoms with E-state index in [0.29, 0.717) is 5.75 Å². The number of carbonyl (C=O) groups is 1. The summed E-state index contributed by atoms with van der Waals surface area (Å²) in [6.07, 6.45) is -0.751. The molecule has 0 spiro atoms. The third kappa shape index (κ3) is 2.71. The fourth-order valence-corrected chi connectivity index (χ4v) is 1.30. The van der Waals surface area contributed by atoms with Crippen LogP contribution in [0.15, 0.2) is 18.2 Å². The van der Waals surface area contributed by atoms with Crippen molar-refractivity contribution in [2.75, 3.05) is 13.2 Å². The van der Waals surface area contributed by atoms with Crippen LogP contribution in [0.5, 0.6) is 5.75 Å². The van der Waals surface area contributed by atoms with E-state index in [1.54, 1.807) is 19.1 Å². The molecule has 5 nitrogen and oxygen atoms in total. The summed E-state index contributed by atoms with van der Waals surface area (Å²) in [7, 11) is 0. The fourth-order valence-electron chi connectivity index (χ4n) is 1.30. The summed E-state index contributed by atoms with van der Waals surface area (Å²) in [6.45, 7) is 1.10. The highest BCUT2D eigenvalue weighted by Gasteiger charge is 2.15. The van der Waals surface area contributed by atoms with Crippen LogP contribution < -0.4 is 10.5 Å². The molecule has 4 N–H and O–H groups in total. The third-order valence-electron chi connectivity index (χ3n) is 2.17. The molecule has 0 radical (unpaired) electrons. The second-order valence-electron chi connectivity index (χ2n) is 3.42. The van der Waals surface area contributed by atoms with Crippen LogP contribution in [0.25, 0.3) is 0 Å². The van der Waals surface area contributed by atoms with E-state index in [1.165, 1.54) is 6.07 Å². The number of aliphatic hydroxyl groups excluding tert-OH is 2. The zero-order chi connectivity index (χ0) is 12.1. The molecule has 16 heavy (non-hydrogen) atoms. The molecule has 0 atom stereocenters. The minimum absolute atomic E-state index is 0.242. The SMILES string of the molecule is Cc1cccc(C(N)=O)c1OC(CO)CO. The van der Waals surface area contributed by atoms with Gasteiger partial charge in [0.15, 0.2) is 0 Å². The zero-order valence-electron chi connectivity index (χ0n) is 9.01. The van der Waals surface area contributed by atoms with Gasteiger partial charge in [0, 0.05) is 0 Å². The lowest BCUT2D eigenvalue weighted by atomic mass is 10.1. The molecule has 5 heteroatoms. The molecule has 0 aliphatic heterocycles. The predicted octanol–water partition coefficient (Wildman–Crippen LogP) is -0.174. The molecule has 1 rings (SSSR count). The first-order chi connectivity index (χ1) is 7.60. The van der Waals surface area contributed by atoms with Gasteiger partial charge < -0.3 is 20.7 Å². The smallest absolute Gasteiger partial charge is 0.252 e. The summed E-state index contributed by atoms with van der Waals surface area (Å²) >= 11 is 0. The molecule has 0 bridgehead atoms. The number of hydrogen-bond donors (Lipinski definition) is 3. The Labute approximate surface area is 93.5 Å². The van der Waals surface area contributed by atoms with Crippen LogP contribution in [-0.2, 0) is 0 Å². The van der Waals surface area contributed by atoms with E-state index < -0.39 is 12.0 Å². The van der Waals surface area contributed by atoms with Crippen molar-refractivity contribution in [2.24, 2.45) is 5.73 Å². The van der Waals surface area contributed by atoms with Gasteiger partial charge in [-0.1, -0.05) is 12.1 Å². The first-order valence-corrected chi connectivity index (χ1v) is 4.88. The second kappa shape index (κ2) is 5.48. The molecule has 0 saturated heterocycles. The van der Waals surface area contributed by atoms with Crippen LogP contribution in [0.3, 0.4) is 0 Å².